The molecule has 1 aliphatic heterocycles. The van der Waals surface area contributed by atoms with Gasteiger partial charge in [0.15, 0.2) is 0 Å². The molecule has 0 bridgehead atoms. The number of carbonyl (C=O) groups excluding carboxylic acids is 1. The standard InChI is InChI=1S/C11H20F2N2O/c1-2-6-15(8-10(12)13)11(16)7-9-4-3-5-14-9/h9-10,14H,2-8H2,1H3. The number of hydrogen-bond donors (Lipinski definition) is 1. The van der Waals surface area contributed by atoms with Crippen molar-refractivity contribution in [2.24, 2.45) is 0 Å². The fourth-order valence-corrected chi connectivity index (χ4v) is 2.03. The number of halogens is 2. The molecular formula is C11H20F2N2O. The first kappa shape index (κ1) is 13.4. The zero-order valence-electron chi connectivity index (χ0n) is 9.72. The molecule has 1 amide bonds. The smallest absolute Gasteiger partial charge is 0.255 e. The molecule has 1 heterocycles. The van der Waals surface area contributed by atoms with Gasteiger partial charge >= 0.3 is 0 Å². The Hall–Kier alpha value is -0.710. The molecule has 16 heavy (non-hydrogen) atoms. The molecule has 0 radical (unpaired) electrons. The molecule has 94 valence electrons. The summed E-state index contributed by atoms with van der Waals surface area (Å²) in [5.41, 5.74) is 0. The summed E-state index contributed by atoms with van der Waals surface area (Å²) in [6.45, 7) is 2.81. The average Bonchev–Trinajstić information content (AvgIpc) is 2.69. The molecular weight excluding hydrogens is 214 g/mol. The van der Waals surface area contributed by atoms with Gasteiger partial charge < -0.3 is 10.2 Å². The van der Waals surface area contributed by atoms with Gasteiger partial charge in [0.05, 0.1) is 6.54 Å². The van der Waals surface area contributed by atoms with E-state index in [-0.39, 0.29) is 11.9 Å². The van der Waals surface area contributed by atoms with Crippen molar-refractivity contribution in [1.29, 1.82) is 0 Å². The van der Waals surface area contributed by atoms with Crippen LogP contribution in [0.5, 0.6) is 0 Å². The van der Waals surface area contributed by atoms with Gasteiger partial charge in [0.1, 0.15) is 0 Å². The van der Waals surface area contributed by atoms with E-state index in [1.807, 2.05) is 6.92 Å². The number of nitrogens with zero attached hydrogens (tertiary/aromatic N) is 1. The van der Waals surface area contributed by atoms with Crippen molar-refractivity contribution >= 4 is 5.91 Å². The van der Waals surface area contributed by atoms with Crippen LogP contribution in [0.15, 0.2) is 0 Å². The van der Waals surface area contributed by atoms with E-state index in [0.29, 0.717) is 13.0 Å². The average molecular weight is 234 g/mol. The molecule has 0 aromatic rings. The topological polar surface area (TPSA) is 32.3 Å². The second kappa shape index (κ2) is 6.78. The monoisotopic (exact) mass is 234 g/mol. The molecule has 0 aliphatic carbocycles. The zero-order valence-corrected chi connectivity index (χ0v) is 9.72. The molecule has 1 unspecified atom stereocenters. The van der Waals surface area contributed by atoms with Crippen molar-refractivity contribution in [3.05, 3.63) is 0 Å². The molecule has 0 saturated carbocycles. The molecule has 0 spiro atoms. The molecule has 1 atom stereocenters. The Morgan fingerprint density at radius 2 is 2.31 bits per heavy atom. The first-order valence-corrected chi connectivity index (χ1v) is 5.92. The number of carbonyl (C=O) groups is 1. The third-order valence-corrected chi connectivity index (χ3v) is 2.79. The third-order valence-electron chi connectivity index (χ3n) is 2.79. The van der Waals surface area contributed by atoms with Crippen LogP contribution in [0.3, 0.4) is 0 Å². The Bertz CT molecular complexity index is 218. The number of hydrogen-bond acceptors (Lipinski definition) is 2. The predicted molar refractivity (Wildman–Crippen MR) is 58.5 cm³/mol. The number of rotatable bonds is 6. The maximum atomic E-state index is 12.3. The lowest BCUT2D eigenvalue weighted by molar-refractivity contribution is -0.133. The number of alkyl halides is 2. The van der Waals surface area contributed by atoms with Crippen LogP contribution < -0.4 is 5.32 Å². The minimum absolute atomic E-state index is 0.151. The van der Waals surface area contributed by atoms with Crippen LogP contribution in [0.4, 0.5) is 8.78 Å². The van der Waals surface area contributed by atoms with Crippen molar-refractivity contribution in [1.82, 2.24) is 10.2 Å². The minimum atomic E-state index is -2.44. The summed E-state index contributed by atoms with van der Waals surface area (Å²) < 4.78 is 24.5. The van der Waals surface area contributed by atoms with Crippen LogP contribution in [0, 0.1) is 0 Å². The maximum absolute atomic E-state index is 12.3. The molecule has 1 rings (SSSR count). The molecule has 1 fully saturated rings. The van der Waals surface area contributed by atoms with Gasteiger partial charge in [-0.05, 0) is 25.8 Å². The quantitative estimate of drug-likeness (QED) is 0.757. The fourth-order valence-electron chi connectivity index (χ4n) is 2.03. The highest BCUT2D eigenvalue weighted by molar-refractivity contribution is 5.76. The van der Waals surface area contributed by atoms with Gasteiger partial charge in [-0.25, -0.2) is 8.78 Å². The molecule has 3 nitrogen and oxygen atoms in total. The van der Waals surface area contributed by atoms with Crippen LogP contribution in [0.25, 0.3) is 0 Å². The molecule has 0 aromatic carbocycles. The highest BCUT2D eigenvalue weighted by Gasteiger charge is 2.22. The molecule has 0 aromatic heterocycles. The molecule has 5 heteroatoms. The van der Waals surface area contributed by atoms with Crippen molar-refractivity contribution in [3.8, 4) is 0 Å². The Labute approximate surface area is 95.2 Å². The van der Waals surface area contributed by atoms with Crippen molar-refractivity contribution < 1.29 is 13.6 Å². The van der Waals surface area contributed by atoms with E-state index >= 15 is 0 Å². The van der Waals surface area contributed by atoms with Gasteiger partial charge in [-0.3, -0.25) is 4.79 Å². The lowest BCUT2D eigenvalue weighted by Crippen LogP contribution is -2.39. The van der Waals surface area contributed by atoms with E-state index < -0.39 is 13.0 Å². The predicted octanol–water partition coefficient (Wildman–Crippen LogP) is 1.63. The van der Waals surface area contributed by atoms with Crippen molar-refractivity contribution in [3.63, 3.8) is 0 Å². The van der Waals surface area contributed by atoms with Crippen LogP contribution in [-0.2, 0) is 4.79 Å². The van der Waals surface area contributed by atoms with E-state index in [0.717, 1.165) is 25.8 Å². The summed E-state index contributed by atoms with van der Waals surface area (Å²) in [6, 6.07) is 0.185. The van der Waals surface area contributed by atoms with E-state index in [2.05, 4.69) is 5.32 Å². The lowest BCUT2D eigenvalue weighted by Gasteiger charge is -2.23. The Kier molecular flexibility index (Phi) is 5.66. The fraction of sp³-hybridized carbons (Fsp3) is 0.909. The Morgan fingerprint density at radius 3 is 2.81 bits per heavy atom. The van der Waals surface area contributed by atoms with E-state index in [1.165, 1.54) is 4.90 Å². The van der Waals surface area contributed by atoms with Crippen LogP contribution in [0.2, 0.25) is 0 Å². The first-order valence-electron chi connectivity index (χ1n) is 5.92. The van der Waals surface area contributed by atoms with E-state index in [4.69, 9.17) is 0 Å². The Morgan fingerprint density at radius 1 is 1.56 bits per heavy atom. The van der Waals surface area contributed by atoms with Crippen molar-refractivity contribution in [2.75, 3.05) is 19.6 Å². The normalized spacial score (nSPS) is 20.4. The van der Waals surface area contributed by atoms with Gasteiger partial charge in [0, 0.05) is 19.0 Å². The lowest BCUT2D eigenvalue weighted by atomic mass is 10.1. The highest BCUT2D eigenvalue weighted by Crippen LogP contribution is 2.11. The van der Waals surface area contributed by atoms with E-state index in [9.17, 15) is 13.6 Å². The SMILES string of the molecule is CCCN(CC(F)F)C(=O)CC1CCCN1. The van der Waals surface area contributed by atoms with Gasteiger partial charge in [-0.15, -0.1) is 0 Å². The molecule has 1 N–H and O–H groups in total. The van der Waals surface area contributed by atoms with Gasteiger partial charge in [0.2, 0.25) is 5.91 Å². The highest BCUT2D eigenvalue weighted by atomic mass is 19.3. The number of amides is 1. The maximum Gasteiger partial charge on any atom is 0.255 e. The second-order valence-corrected chi connectivity index (χ2v) is 4.23. The second-order valence-electron chi connectivity index (χ2n) is 4.23. The summed E-state index contributed by atoms with van der Waals surface area (Å²) in [6.07, 6.45) is 0.677. The van der Waals surface area contributed by atoms with Crippen molar-refractivity contribution in [2.45, 2.75) is 45.1 Å². The molecule has 1 aliphatic rings. The van der Waals surface area contributed by atoms with Gasteiger partial charge in [0.25, 0.3) is 6.43 Å². The van der Waals surface area contributed by atoms with Crippen LogP contribution >= 0.6 is 0 Å². The zero-order chi connectivity index (χ0) is 12.0. The summed E-state index contributed by atoms with van der Waals surface area (Å²) in [5, 5.41) is 3.20. The third kappa shape index (κ3) is 4.43. The van der Waals surface area contributed by atoms with E-state index in [1.54, 1.807) is 0 Å². The van der Waals surface area contributed by atoms with Gasteiger partial charge in [-0.2, -0.15) is 0 Å². The summed E-state index contributed by atoms with van der Waals surface area (Å²) >= 11 is 0. The minimum Gasteiger partial charge on any atom is -0.337 e. The summed E-state index contributed by atoms with van der Waals surface area (Å²) in [7, 11) is 0. The Balaban J connectivity index is 2.39. The first-order chi connectivity index (χ1) is 7.63. The summed E-state index contributed by atoms with van der Waals surface area (Å²) in [5.74, 6) is -0.151. The largest absolute Gasteiger partial charge is 0.337 e. The van der Waals surface area contributed by atoms with Gasteiger partial charge in [-0.1, -0.05) is 6.92 Å². The van der Waals surface area contributed by atoms with Crippen LogP contribution in [0.1, 0.15) is 32.6 Å². The molecule has 1 saturated heterocycles. The number of nitrogens with one attached hydrogen (secondary N) is 1. The summed E-state index contributed by atoms with van der Waals surface area (Å²) in [4.78, 5) is 13.1. The van der Waals surface area contributed by atoms with Crippen LogP contribution in [-0.4, -0.2) is 42.9 Å².